The molecule has 0 fully saturated rings. The predicted octanol–water partition coefficient (Wildman–Crippen LogP) is 27.4. The highest BCUT2D eigenvalue weighted by Crippen LogP contribution is 2.51. The van der Waals surface area contributed by atoms with Crippen LogP contribution in [-0.4, -0.2) is 27.3 Å². The molecule has 0 spiro atoms. The third kappa shape index (κ3) is 11.8. The maximum absolute atomic E-state index is 14.8. The van der Waals surface area contributed by atoms with Crippen molar-refractivity contribution < 1.29 is 35.2 Å². The molecule has 5 heterocycles. The van der Waals surface area contributed by atoms with E-state index in [-0.39, 0.29) is 11.1 Å². The highest BCUT2D eigenvalue weighted by Gasteiger charge is 2.49. The third-order valence-electron chi connectivity index (χ3n) is 21.0. The number of halogens is 6. The average Bonchev–Trinajstić information content (AvgIpc) is 1.39. The van der Waals surface area contributed by atoms with Gasteiger partial charge in [0.15, 0.2) is 0 Å². The molecule has 0 amide bonds. The number of rotatable bonds is 14. The van der Waals surface area contributed by atoms with Crippen molar-refractivity contribution in [3.05, 3.63) is 333 Å². The van der Waals surface area contributed by atoms with E-state index in [1.165, 1.54) is 52.2 Å². The van der Waals surface area contributed by atoms with Crippen molar-refractivity contribution >= 4 is 43.9 Å². The van der Waals surface area contributed by atoms with Crippen LogP contribution in [-0.2, 0) is 10.8 Å². The number of hydrogen-bond donors (Lipinski definition) is 0. The molecule has 514 valence electrons. The average molecular weight is 1390 g/mol. The summed E-state index contributed by atoms with van der Waals surface area (Å²) in [6, 6.07) is 101. The lowest BCUT2D eigenvalue weighted by atomic mass is 9.82. The Kier molecular flexibility index (Phi) is 16.4. The van der Waals surface area contributed by atoms with Crippen LogP contribution in [0.15, 0.2) is 331 Å². The van der Waals surface area contributed by atoms with Gasteiger partial charge in [0.05, 0.1) is 27.9 Å². The molecule has 0 saturated carbocycles. The van der Waals surface area contributed by atoms with Crippen LogP contribution < -0.4 is 0 Å². The first kappa shape index (κ1) is 66.5. The van der Waals surface area contributed by atoms with E-state index in [2.05, 4.69) is 133 Å². The summed E-state index contributed by atoms with van der Waals surface area (Å²) in [4.78, 5) is 14.2. The Morgan fingerprint density at radius 3 is 1.09 bits per heavy atom. The van der Waals surface area contributed by atoms with Gasteiger partial charge in [-0.2, -0.15) is 26.3 Å². The van der Waals surface area contributed by atoms with Crippen molar-refractivity contribution in [2.75, 3.05) is 0 Å². The van der Waals surface area contributed by atoms with Gasteiger partial charge in [-0.3, -0.25) is 15.0 Å². The molecule has 11 heteroatoms. The first-order valence-corrected chi connectivity index (χ1v) is 35.1. The van der Waals surface area contributed by atoms with Gasteiger partial charge in [0, 0.05) is 68.0 Å². The topological polar surface area (TPSA) is 65.0 Å². The molecule has 0 aliphatic carbocycles. The second-order valence-corrected chi connectivity index (χ2v) is 28.0. The van der Waals surface area contributed by atoms with Gasteiger partial charge >= 0.3 is 12.4 Å². The number of pyridine rings is 3. The number of fused-ring (bicyclic) bond motifs is 6. The molecule has 0 atom stereocenters. The summed E-state index contributed by atoms with van der Waals surface area (Å²) in [6.07, 6.45) is -4.45. The molecule has 0 aliphatic heterocycles. The first-order valence-electron chi connectivity index (χ1n) is 35.1. The summed E-state index contributed by atoms with van der Waals surface area (Å²) in [5.41, 5.74) is 18.8. The fourth-order valence-corrected chi connectivity index (χ4v) is 14.8. The zero-order chi connectivity index (χ0) is 72.6. The summed E-state index contributed by atoms with van der Waals surface area (Å²) in [5.74, 6) is 0. The molecule has 5 nitrogen and oxygen atoms in total. The molecule has 12 aromatic carbocycles. The lowest BCUT2D eigenvalue weighted by Crippen LogP contribution is -2.36. The van der Waals surface area contributed by atoms with E-state index in [0.717, 1.165) is 139 Å². The van der Waals surface area contributed by atoms with Gasteiger partial charge < -0.3 is 8.83 Å². The minimum absolute atomic E-state index is 0.0519. The van der Waals surface area contributed by atoms with E-state index in [9.17, 15) is 26.3 Å². The molecule has 0 N–H and O–H groups in total. The zero-order valence-corrected chi connectivity index (χ0v) is 58.0. The van der Waals surface area contributed by atoms with E-state index in [1.54, 1.807) is 12.1 Å². The van der Waals surface area contributed by atoms with Crippen LogP contribution in [0.25, 0.3) is 178 Å². The number of aromatic nitrogens is 3. The maximum atomic E-state index is 14.8. The van der Waals surface area contributed by atoms with Crippen LogP contribution in [0.5, 0.6) is 0 Å². The largest absolute Gasteiger partial charge is 0.455 e. The Labute approximate surface area is 608 Å². The van der Waals surface area contributed by atoms with Gasteiger partial charge in [0.2, 0.25) is 0 Å². The maximum Gasteiger partial charge on any atom is 0.397 e. The quantitative estimate of drug-likeness (QED) is 0.102. The Bertz CT molecular complexity index is 6250. The van der Waals surface area contributed by atoms with Crippen LogP contribution in [0, 0.1) is 0 Å². The van der Waals surface area contributed by atoms with Crippen LogP contribution in [0.2, 0.25) is 0 Å². The number of hydrogen-bond acceptors (Lipinski definition) is 5. The second kappa shape index (κ2) is 26.2. The number of furan rings is 2. The lowest BCUT2D eigenvalue weighted by Gasteiger charge is -2.28. The molecule has 0 saturated heterocycles. The van der Waals surface area contributed by atoms with Gasteiger partial charge in [0.1, 0.15) is 22.3 Å². The van der Waals surface area contributed by atoms with Crippen LogP contribution in [0.1, 0.15) is 38.8 Å². The Hall–Kier alpha value is -12.7. The van der Waals surface area contributed by atoms with E-state index in [4.69, 9.17) is 23.8 Å². The summed E-state index contributed by atoms with van der Waals surface area (Å²) in [5, 5.41) is 3.73. The Morgan fingerprint density at radius 2 is 0.623 bits per heavy atom. The molecule has 17 aromatic rings. The van der Waals surface area contributed by atoms with Crippen molar-refractivity contribution in [2.24, 2.45) is 0 Å². The standard InChI is InChI=1S/C95H65F6N3O2/c1-92(2,94(96,97)98)65-47-49-103-87(56-65)61-41-45-75(84(55-61)81-35-21-33-79-77-31-15-17-38-89(77)106-91(79)81)72-29-13-10-26-69(72)64-51-62(67-24-8-11-27-70(67)73-43-39-59(85-36-18-19-48-102-85)53-82(73)58-22-6-5-7-23-58)50-63(52-64)68-25-9-12-28-71(68)74-44-40-60(86-46-42-66(57-104-86)93(3,4)95(99,100)101)54-83(74)80-34-20-32-78-76-30-14-16-37-88(76)105-90(78)80/h5-57H,1-4H3. The number of para-hydroxylation sites is 4. The van der Waals surface area contributed by atoms with E-state index >= 15 is 0 Å². The fourth-order valence-electron chi connectivity index (χ4n) is 14.8. The fraction of sp³-hybridized carbons (Fsp3) is 0.0842. The molecule has 0 radical (unpaired) electrons. The van der Waals surface area contributed by atoms with Crippen LogP contribution in [0.3, 0.4) is 0 Å². The molecule has 0 unspecified atom stereocenters. The molecular weight excluding hydrogens is 1330 g/mol. The highest BCUT2D eigenvalue weighted by atomic mass is 19.4. The van der Waals surface area contributed by atoms with Crippen molar-refractivity contribution in [2.45, 2.75) is 50.9 Å². The first-order chi connectivity index (χ1) is 51.3. The Morgan fingerprint density at radius 1 is 0.236 bits per heavy atom. The van der Waals surface area contributed by atoms with E-state index in [0.29, 0.717) is 39.3 Å². The number of alkyl halides is 6. The summed E-state index contributed by atoms with van der Waals surface area (Å²) < 4.78 is 101. The van der Waals surface area contributed by atoms with Gasteiger partial charge in [-0.1, -0.05) is 224 Å². The number of benzene rings is 12. The van der Waals surface area contributed by atoms with E-state index < -0.39 is 23.2 Å². The summed E-state index contributed by atoms with van der Waals surface area (Å²) in [6.45, 7) is 4.71. The van der Waals surface area contributed by atoms with Gasteiger partial charge in [-0.25, -0.2) is 0 Å². The normalized spacial score (nSPS) is 12.2. The zero-order valence-electron chi connectivity index (χ0n) is 58.0. The minimum Gasteiger partial charge on any atom is -0.455 e. The lowest BCUT2D eigenvalue weighted by molar-refractivity contribution is -0.180. The van der Waals surface area contributed by atoms with Crippen LogP contribution in [0.4, 0.5) is 26.3 Å². The summed E-state index contributed by atoms with van der Waals surface area (Å²) in [7, 11) is 0. The van der Waals surface area contributed by atoms with E-state index in [1.807, 2.05) is 152 Å². The van der Waals surface area contributed by atoms with Crippen molar-refractivity contribution in [1.29, 1.82) is 0 Å². The van der Waals surface area contributed by atoms with Crippen molar-refractivity contribution in [1.82, 2.24) is 15.0 Å². The van der Waals surface area contributed by atoms with Crippen molar-refractivity contribution in [3.8, 4) is 134 Å². The minimum atomic E-state index is -4.53. The smallest absolute Gasteiger partial charge is 0.397 e. The molecule has 106 heavy (non-hydrogen) atoms. The highest BCUT2D eigenvalue weighted by molar-refractivity contribution is 6.13. The SMILES string of the molecule is CC(C)(c1ccc(-c2ccc(-c3ccccc3-c3cc(-c4ccccc4-c4ccc(-c5ccccn5)cc4-c4ccccc4)cc(-c4ccccc4-c4ccc(-c5cc(C(C)(C)C(F)(F)F)ccn5)cc4-c4cccc5c4oc4ccccc45)c3)c(-c3cccc4c3oc3ccccc34)c2)nc1)C(F)(F)F. The predicted molar refractivity (Wildman–Crippen MR) is 418 cm³/mol. The third-order valence-corrected chi connectivity index (χ3v) is 21.0. The van der Waals surface area contributed by atoms with Gasteiger partial charge in [0.25, 0.3) is 0 Å². The number of nitrogens with zero attached hydrogens (tertiary/aromatic N) is 3. The molecule has 0 bridgehead atoms. The van der Waals surface area contributed by atoms with Gasteiger partial charge in [-0.15, -0.1) is 0 Å². The second-order valence-electron chi connectivity index (χ2n) is 28.0. The van der Waals surface area contributed by atoms with Gasteiger partial charge in [-0.05, 0) is 207 Å². The van der Waals surface area contributed by atoms with Crippen molar-refractivity contribution in [3.63, 3.8) is 0 Å². The molecule has 0 aliphatic rings. The van der Waals surface area contributed by atoms with Crippen LogP contribution >= 0.6 is 0 Å². The molecule has 5 aromatic heterocycles. The molecular formula is C95H65F6N3O2. The molecule has 17 rings (SSSR count). The summed E-state index contributed by atoms with van der Waals surface area (Å²) >= 11 is 0. The Balaban J connectivity index is 0.905. The monoisotopic (exact) mass is 1390 g/mol.